The van der Waals surface area contributed by atoms with Crippen molar-refractivity contribution in [3.05, 3.63) is 0 Å². The largest absolute Gasteiger partial charge is 0.316 e. The highest BCUT2D eigenvalue weighted by Crippen LogP contribution is 2.26. The van der Waals surface area contributed by atoms with Gasteiger partial charge in [-0.2, -0.15) is 0 Å². The maximum atomic E-state index is 12.0. The number of hydrogen-bond acceptors (Lipinski definition) is 4. The van der Waals surface area contributed by atoms with Crippen molar-refractivity contribution in [2.75, 3.05) is 13.6 Å². The zero-order valence-corrected chi connectivity index (χ0v) is 11.1. The first-order chi connectivity index (χ1) is 8.15. The van der Waals surface area contributed by atoms with Crippen molar-refractivity contribution >= 4 is 11.7 Å². The fraction of sp³-hybridized carbons (Fsp3) is 0.833. The van der Waals surface area contributed by atoms with Crippen molar-refractivity contribution in [1.29, 1.82) is 0 Å². The highest BCUT2D eigenvalue weighted by atomic mass is 16.2. The summed E-state index contributed by atoms with van der Waals surface area (Å²) < 4.78 is 0. The monoisotopic (exact) mass is 241 g/mol. The Morgan fingerprint density at radius 2 is 2.06 bits per heavy atom. The Kier molecular flexibility index (Phi) is 5.08. The van der Waals surface area contributed by atoms with Crippen LogP contribution < -0.4 is 10.6 Å². The predicted molar refractivity (Wildman–Crippen MR) is 66.5 cm³/mol. The molecule has 0 aromatic heterocycles. The molecular formula is C12H23N3O2. The second kappa shape index (κ2) is 6.12. The number of ketones is 1. The molecule has 5 heteroatoms. The lowest BCUT2D eigenvalue weighted by molar-refractivity contribution is -0.143. The number of likely N-dealkylation sites (N-methyl/N-ethyl adjacent to an activating group) is 1. The number of Topliss-reactive ketones (excluding diaryl/α,β-unsaturated/α-hetero) is 1. The molecule has 0 aliphatic carbocycles. The highest BCUT2D eigenvalue weighted by Gasteiger charge is 2.44. The number of rotatable bonds is 2. The van der Waals surface area contributed by atoms with Crippen LogP contribution in [0.25, 0.3) is 0 Å². The Morgan fingerprint density at radius 1 is 1.41 bits per heavy atom. The molecule has 2 aliphatic rings. The van der Waals surface area contributed by atoms with E-state index in [2.05, 4.69) is 10.6 Å². The minimum Gasteiger partial charge on any atom is -0.316 e. The van der Waals surface area contributed by atoms with Crippen LogP contribution in [0.3, 0.4) is 0 Å². The molecule has 0 aromatic carbocycles. The van der Waals surface area contributed by atoms with Crippen LogP contribution in [0.1, 0.15) is 33.6 Å². The predicted octanol–water partition coefficient (Wildman–Crippen LogP) is 0.110. The minimum atomic E-state index is -0.217. The smallest absolute Gasteiger partial charge is 0.242 e. The molecule has 0 radical (unpaired) electrons. The van der Waals surface area contributed by atoms with Crippen LogP contribution >= 0.6 is 0 Å². The maximum Gasteiger partial charge on any atom is 0.242 e. The summed E-state index contributed by atoms with van der Waals surface area (Å²) in [6.45, 7) is 6.21. The maximum absolute atomic E-state index is 12.0. The highest BCUT2D eigenvalue weighted by molar-refractivity contribution is 5.91. The Hall–Kier alpha value is -0.940. The van der Waals surface area contributed by atoms with Crippen LogP contribution in [-0.2, 0) is 9.59 Å². The van der Waals surface area contributed by atoms with Crippen molar-refractivity contribution in [2.24, 2.45) is 0 Å². The van der Waals surface area contributed by atoms with E-state index < -0.39 is 0 Å². The van der Waals surface area contributed by atoms with Gasteiger partial charge in [-0.25, -0.2) is 0 Å². The summed E-state index contributed by atoms with van der Waals surface area (Å²) in [6, 6.07) is -0.410. The van der Waals surface area contributed by atoms with E-state index in [0.717, 1.165) is 12.8 Å². The molecule has 2 fully saturated rings. The summed E-state index contributed by atoms with van der Waals surface area (Å²) in [4.78, 5) is 25.1. The molecule has 17 heavy (non-hydrogen) atoms. The van der Waals surface area contributed by atoms with Gasteiger partial charge in [0.1, 0.15) is 0 Å². The van der Waals surface area contributed by atoms with E-state index >= 15 is 0 Å². The van der Waals surface area contributed by atoms with Crippen molar-refractivity contribution in [2.45, 2.75) is 51.9 Å². The van der Waals surface area contributed by atoms with E-state index in [-0.39, 0.29) is 29.9 Å². The van der Waals surface area contributed by atoms with Crippen LogP contribution in [-0.4, -0.2) is 48.4 Å². The average Bonchev–Trinajstić information content (AvgIpc) is 2.77. The van der Waals surface area contributed by atoms with Gasteiger partial charge in [0, 0.05) is 6.54 Å². The minimum absolute atomic E-state index is 0.0546. The van der Waals surface area contributed by atoms with Crippen molar-refractivity contribution in [3.8, 4) is 0 Å². The Morgan fingerprint density at radius 3 is 2.59 bits per heavy atom. The van der Waals surface area contributed by atoms with Gasteiger partial charge in [0.25, 0.3) is 0 Å². The van der Waals surface area contributed by atoms with Crippen LogP contribution in [0.2, 0.25) is 0 Å². The van der Waals surface area contributed by atoms with Crippen molar-refractivity contribution in [1.82, 2.24) is 15.5 Å². The third-order valence-corrected chi connectivity index (χ3v) is 3.31. The fourth-order valence-corrected chi connectivity index (χ4v) is 2.46. The average molecular weight is 241 g/mol. The van der Waals surface area contributed by atoms with Gasteiger partial charge in [-0.15, -0.1) is 0 Å². The molecule has 2 heterocycles. The molecular weight excluding hydrogens is 218 g/mol. The first-order valence-corrected chi connectivity index (χ1v) is 6.38. The molecule has 0 bridgehead atoms. The number of nitrogens with one attached hydrogen (secondary N) is 2. The van der Waals surface area contributed by atoms with Gasteiger partial charge in [0.15, 0.2) is 5.78 Å². The topological polar surface area (TPSA) is 61.4 Å². The summed E-state index contributed by atoms with van der Waals surface area (Å²) in [5.74, 6) is 0.142. The van der Waals surface area contributed by atoms with Gasteiger partial charge in [-0.1, -0.05) is 13.8 Å². The Bertz CT molecular complexity index is 293. The Balaban J connectivity index is 0.000000686. The second-order valence-corrected chi connectivity index (χ2v) is 4.21. The van der Waals surface area contributed by atoms with E-state index in [1.807, 2.05) is 13.8 Å². The molecule has 5 nitrogen and oxygen atoms in total. The molecule has 2 rings (SSSR count). The van der Waals surface area contributed by atoms with E-state index in [1.165, 1.54) is 0 Å². The van der Waals surface area contributed by atoms with Gasteiger partial charge in [-0.3, -0.25) is 14.9 Å². The lowest BCUT2D eigenvalue weighted by Gasteiger charge is -2.37. The molecule has 0 saturated carbocycles. The number of amides is 1. The van der Waals surface area contributed by atoms with E-state index in [0.29, 0.717) is 6.54 Å². The first-order valence-electron chi connectivity index (χ1n) is 6.38. The van der Waals surface area contributed by atoms with Gasteiger partial charge < -0.3 is 10.2 Å². The third-order valence-electron chi connectivity index (χ3n) is 3.31. The van der Waals surface area contributed by atoms with Gasteiger partial charge >= 0.3 is 0 Å². The van der Waals surface area contributed by atoms with Crippen LogP contribution in [0, 0.1) is 0 Å². The van der Waals surface area contributed by atoms with Crippen molar-refractivity contribution < 1.29 is 9.59 Å². The summed E-state index contributed by atoms with van der Waals surface area (Å²) in [6.07, 6.45) is 1.73. The lowest BCUT2D eigenvalue weighted by atomic mass is 10.1. The normalized spacial score (nSPS) is 31.6. The summed E-state index contributed by atoms with van der Waals surface area (Å²) in [5, 5.41) is 6.25. The zero-order chi connectivity index (χ0) is 13.0. The first kappa shape index (κ1) is 14.1. The molecule has 3 unspecified atom stereocenters. The molecule has 2 saturated heterocycles. The van der Waals surface area contributed by atoms with Crippen LogP contribution in [0.4, 0.5) is 0 Å². The molecule has 98 valence electrons. The van der Waals surface area contributed by atoms with Gasteiger partial charge in [0.05, 0.1) is 18.2 Å². The van der Waals surface area contributed by atoms with Crippen LogP contribution in [0.5, 0.6) is 0 Å². The van der Waals surface area contributed by atoms with Gasteiger partial charge in [-0.05, 0) is 26.8 Å². The Labute approximate surface area is 103 Å². The molecule has 2 aliphatic heterocycles. The fourth-order valence-electron chi connectivity index (χ4n) is 2.46. The molecule has 3 atom stereocenters. The molecule has 1 amide bonds. The SMILES string of the molecule is CC.CNC1CNC2CCC(C(C)=O)N2C1=O. The molecule has 2 N–H and O–H groups in total. The zero-order valence-electron chi connectivity index (χ0n) is 11.1. The number of carbonyl (C=O) groups excluding carboxylic acids is 2. The third kappa shape index (κ3) is 2.66. The lowest BCUT2D eigenvalue weighted by Crippen LogP contribution is -2.64. The summed E-state index contributed by atoms with van der Waals surface area (Å²) >= 11 is 0. The summed E-state index contributed by atoms with van der Waals surface area (Å²) in [5.41, 5.74) is 0. The molecule has 0 aromatic rings. The summed E-state index contributed by atoms with van der Waals surface area (Å²) in [7, 11) is 1.77. The van der Waals surface area contributed by atoms with E-state index in [9.17, 15) is 9.59 Å². The van der Waals surface area contributed by atoms with E-state index in [4.69, 9.17) is 0 Å². The number of nitrogens with zero attached hydrogens (tertiary/aromatic N) is 1. The standard InChI is InChI=1S/C10H17N3O2.C2H6/c1-6(14)8-3-4-9-12-5-7(11-2)10(15)13(8)9;1-2/h7-9,11-12H,3-5H2,1-2H3;1-2H3. The quantitative estimate of drug-likeness (QED) is 0.720. The number of fused-ring (bicyclic) bond motifs is 1. The number of hydrogen-bond donors (Lipinski definition) is 2. The van der Waals surface area contributed by atoms with E-state index in [1.54, 1.807) is 18.9 Å². The van der Waals surface area contributed by atoms with Gasteiger partial charge in [0.2, 0.25) is 5.91 Å². The number of carbonyl (C=O) groups is 2. The second-order valence-electron chi connectivity index (χ2n) is 4.21. The van der Waals surface area contributed by atoms with Crippen LogP contribution in [0.15, 0.2) is 0 Å². The van der Waals surface area contributed by atoms with Crippen molar-refractivity contribution in [3.63, 3.8) is 0 Å². The molecule has 0 spiro atoms.